The van der Waals surface area contributed by atoms with Crippen molar-refractivity contribution >= 4 is 17.9 Å². The van der Waals surface area contributed by atoms with Crippen molar-refractivity contribution in [2.45, 2.75) is 13.5 Å². The van der Waals surface area contributed by atoms with Crippen LogP contribution in [-0.4, -0.2) is 16.1 Å². The van der Waals surface area contributed by atoms with Gasteiger partial charge in [0.15, 0.2) is 6.29 Å². The highest BCUT2D eigenvalue weighted by Gasteiger charge is 2.10. The van der Waals surface area contributed by atoms with E-state index >= 15 is 0 Å². The van der Waals surface area contributed by atoms with Crippen LogP contribution in [0.4, 0.5) is 0 Å². The minimum Gasteiger partial charge on any atom is -0.298 e. The van der Waals surface area contributed by atoms with Crippen LogP contribution < -0.4 is 0 Å². The molecule has 22 heavy (non-hydrogen) atoms. The van der Waals surface area contributed by atoms with Crippen LogP contribution in [0.25, 0.3) is 11.3 Å². The largest absolute Gasteiger partial charge is 0.298 e. The van der Waals surface area contributed by atoms with Crippen molar-refractivity contribution in [2.75, 3.05) is 0 Å². The van der Waals surface area contributed by atoms with Crippen molar-refractivity contribution in [1.29, 1.82) is 0 Å². The fourth-order valence-corrected chi connectivity index (χ4v) is 2.44. The van der Waals surface area contributed by atoms with Gasteiger partial charge in [0.2, 0.25) is 0 Å². The van der Waals surface area contributed by atoms with Crippen LogP contribution in [0.2, 0.25) is 5.02 Å². The summed E-state index contributed by atoms with van der Waals surface area (Å²) in [4.78, 5) is 11.3. The average Bonchev–Trinajstić information content (AvgIpc) is 2.93. The monoisotopic (exact) mass is 310 g/mol. The number of carbonyl (C=O) groups is 1. The van der Waals surface area contributed by atoms with Crippen molar-refractivity contribution < 1.29 is 4.79 Å². The molecule has 0 aliphatic carbocycles. The normalized spacial score (nSPS) is 10.6. The summed E-state index contributed by atoms with van der Waals surface area (Å²) in [6.45, 7) is 2.63. The molecule has 3 nitrogen and oxygen atoms in total. The molecule has 4 heteroatoms. The highest BCUT2D eigenvalue weighted by molar-refractivity contribution is 6.30. The van der Waals surface area contributed by atoms with E-state index in [1.807, 2.05) is 55.5 Å². The molecule has 1 aromatic heterocycles. The summed E-state index contributed by atoms with van der Waals surface area (Å²) < 4.78 is 1.78. The van der Waals surface area contributed by atoms with Gasteiger partial charge in [0.25, 0.3) is 0 Å². The minimum absolute atomic E-state index is 0.595. The van der Waals surface area contributed by atoms with Crippen LogP contribution in [0, 0.1) is 6.92 Å². The summed E-state index contributed by atoms with van der Waals surface area (Å²) in [5, 5.41) is 5.26. The fraction of sp³-hybridized carbons (Fsp3) is 0.111. The number of benzene rings is 2. The molecule has 0 atom stereocenters. The molecule has 0 fully saturated rings. The van der Waals surface area contributed by atoms with E-state index in [2.05, 4.69) is 5.10 Å². The van der Waals surface area contributed by atoms with E-state index in [0.717, 1.165) is 17.4 Å². The predicted octanol–water partition coefficient (Wildman–Crippen LogP) is 4.37. The first-order valence-corrected chi connectivity index (χ1v) is 7.37. The first-order valence-electron chi connectivity index (χ1n) is 7.00. The van der Waals surface area contributed by atoms with Crippen molar-refractivity contribution in [3.05, 3.63) is 76.4 Å². The smallest absolute Gasteiger partial charge is 0.153 e. The van der Waals surface area contributed by atoms with Gasteiger partial charge in [0.05, 0.1) is 12.1 Å². The standard InChI is InChI=1S/C18H15ClN2O/c1-13-2-6-15(7-3-13)18-16(12-22)11-21(20-18)10-14-4-8-17(19)9-5-14/h2-9,11-12H,10H2,1H3. The number of halogens is 1. The lowest BCUT2D eigenvalue weighted by atomic mass is 10.1. The molecule has 0 N–H and O–H groups in total. The number of hydrogen-bond acceptors (Lipinski definition) is 2. The molecule has 0 spiro atoms. The van der Waals surface area contributed by atoms with Crippen LogP contribution in [0.15, 0.2) is 54.7 Å². The maximum absolute atomic E-state index is 11.3. The molecule has 3 rings (SSSR count). The molecule has 0 radical (unpaired) electrons. The molecular formula is C18H15ClN2O. The molecule has 1 heterocycles. The third kappa shape index (κ3) is 3.10. The first kappa shape index (κ1) is 14.5. The number of nitrogens with zero attached hydrogens (tertiary/aromatic N) is 2. The third-order valence-electron chi connectivity index (χ3n) is 3.50. The van der Waals surface area contributed by atoms with Gasteiger partial charge < -0.3 is 0 Å². The zero-order valence-electron chi connectivity index (χ0n) is 12.2. The second-order valence-electron chi connectivity index (χ2n) is 5.24. The fourth-order valence-electron chi connectivity index (χ4n) is 2.32. The van der Waals surface area contributed by atoms with Crippen LogP contribution in [0.1, 0.15) is 21.5 Å². The Bertz CT molecular complexity index is 789. The van der Waals surface area contributed by atoms with E-state index in [4.69, 9.17) is 11.6 Å². The summed E-state index contributed by atoms with van der Waals surface area (Å²) in [5.74, 6) is 0. The minimum atomic E-state index is 0.595. The summed E-state index contributed by atoms with van der Waals surface area (Å²) in [6.07, 6.45) is 2.62. The highest BCUT2D eigenvalue weighted by atomic mass is 35.5. The van der Waals surface area contributed by atoms with Gasteiger partial charge in [0.1, 0.15) is 5.69 Å². The Morgan fingerprint density at radius 2 is 1.77 bits per heavy atom. The SMILES string of the molecule is Cc1ccc(-c2nn(Cc3ccc(Cl)cc3)cc2C=O)cc1. The maximum atomic E-state index is 11.3. The number of aryl methyl sites for hydroxylation is 1. The van der Waals surface area contributed by atoms with E-state index in [0.29, 0.717) is 22.8 Å². The topological polar surface area (TPSA) is 34.9 Å². The second kappa shape index (κ2) is 6.16. The molecule has 2 aromatic carbocycles. The summed E-state index contributed by atoms with van der Waals surface area (Å²) in [7, 11) is 0. The lowest BCUT2D eigenvalue weighted by molar-refractivity contribution is 0.112. The van der Waals surface area contributed by atoms with Crippen LogP contribution in [-0.2, 0) is 6.54 Å². The van der Waals surface area contributed by atoms with Crippen molar-refractivity contribution in [1.82, 2.24) is 9.78 Å². The molecule has 3 aromatic rings. The van der Waals surface area contributed by atoms with Gasteiger partial charge in [-0.1, -0.05) is 53.6 Å². The number of aldehydes is 1. The molecule has 0 bridgehead atoms. The lowest BCUT2D eigenvalue weighted by Gasteiger charge is -2.02. The summed E-state index contributed by atoms with van der Waals surface area (Å²) in [6, 6.07) is 15.6. The van der Waals surface area contributed by atoms with Gasteiger partial charge in [-0.15, -0.1) is 0 Å². The summed E-state index contributed by atoms with van der Waals surface area (Å²) >= 11 is 5.89. The molecular weight excluding hydrogens is 296 g/mol. The Labute approximate surface area is 134 Å². The maximum Gasteiger partial charge on any atom is 0.153 e. The average molecular weight is 311 g/mol. The molecule has 110 valence electrons. The Kier molecular flexibility index (Phi) is 4.07. The van der Waals surface area contributed by atoms with Gasteiger partial charge in [-0.05, 0) is 24.6 Å². The third-order valence-corrected chi connectivity index (χ3v) is 3.75. The van der Waals surface area contributed by atoms with Gasteiger partial charge in [-0.3, -0.25) is 9.48 Å². The summed E-state index contributed by atoms with van der Waals surface area (Å²) in [5.41, 5.74) is 4.51. The molecule has 0 aliphatic rings. The van der Waals surface area contributed by atoms with Gasteiger partial charge in [0, 0.05) is 16.8 Å². The van der Waals surface area contributed by atoms with E-state index < -0.39 is 0 Å². The van der Waals surface area contributed by atoms with E-state index in [9.17, 15) is 4.79 Å². The molecule has 0 unspecified atom stereocenters. The van der Waals surface area contributed by atoms with Crippen molar-refractivity contribution in [2.24, 2.45) is 0 Å². The second-order valence-corrected chi connectivity index (χ2v) is 5.68. The molecule has 0 saturated carbocycles. The number of hydrogen-bond donors (Lipinski definition) is 0. The molecule has 0 aliphatic heterocycles. The number of aromatic nitrogens is 2. The Balaban J connectivity index is 1.92. The van der Waals surface area contributed by atoms with Crippen molar-refractivity contribution in [3.8, 4) is 11.3 Å². The van der Waals surface area contributed by atoms with Crippen LogP contribution >= 0.6 is 11.6 Å². The van der Waals surface area contributed by atoms with Crippen LogP contribution in [0.3, 0.4) is 0 Å². The first-order chi connectivity index (χ1) is 10.7. The van der Waals surface area contributed by atoms with E-state index in [-0.39, 0.29) is 0 Å². The van der Waals surface area contributed by atoms with Gasteiger partial charge in [-0.25, -0.2) is 0 Å². The molecule has 0 amide bonds. The Morgan fingerprint density at radius 3 is 2.41 bits per heavy atom. The zero-order chi connectivity index (χ0) is 15.5. The Morgan fingerprint density at radius 1 is 1.09 bits per heavy atom. The van der Waals surface area contributed by atoms with Crippen molar-refractivity contribution in [3.63, 3.8) is 0 Å². The number of rotatable bonds is 4. The zero-order valence-corrected chi connectivity index (χ0v) is 12.9. The highest BCUT2D eigenvalue weighted by Crippen LogP contribution is 2.22. The van der Waals surface area contributed by atoms with E-state index in [1.165, 1.54) is 5.56 Å². The predicted molar refractivity (Wildman–Crippen MR) is 88.3 cm³/mol. The van der Waals surface area contributed by atoms with Crippen LogP contribution in [0.5, 0.6) is 0 Å². The quantitative estimate of drug-likeness (QED) is 0.671. The van der Waals surface area contributed by atoms with Gasteiger partial charge >= 0.3 is 0 Å². The Hall–Kier alpha value is -2.39. The molecule has 0 saturated heterocycles. The lowest BCUT2D eigenvalue weighted by Crippen LogP contribution is -2.00. The van der Waals surface area contributed by atoms with Gasteiger partial charge in [-0.2, -0.15) is 5.10 Å². The van der Waals surface area contributed by atoms with E-state index in [1.54, 1.807) is 10.9 Å². The number of carbonyl (C=O) groups excluding carboxylic acids is 1.